The molecule has 0 amide bonds. The molecule has 0 radical (unpaired) electrons. The van der Waals surface area contributed by atoms with Crippen LogP contribution in [0.5, 0.6) is 5.75 Å². The van der Waals surface area contributed by atoms with Crippen LogP contribution < -0.4 is 4.74 Å². The minimum Gasteiger partial charge on any atom is -0.425 e. The summed E-state index contributed by atoms with van der Waals surface area (Å²) in [5, 5.41) is 0.526. The lowest BCUT2D eigenvalue weighted by atomic mass is 9.69. The molecule has 3 rings (SSSR count). The van der Waals surface area contributed by atoms with E-state index >= 15 is 0 Å². The van der Waals surface area contributed by atoms with Crippen molar-refractivity contribution in [3.05, 3.63) is 22.4 Å². The van der Waals surface area contributed by atoms with Crippen molar-refractivity contribution in [1.29, 1.82) is 0 Å². The fraction of sp³-hybridized carbons (Fsp3) is 0.700. The first-order valence-corrected chi connectivity index (χ1v) is 10.3. The molecule has 2 aliphatic carbocycles. The second kappa shape index (κ2) is 8.73. The van der Waals surface area contributed by atoms with E-state index in [9.17, 15) is 4.79 Å². The van der Waals surface area contributed by atoms with Gasteiger partial charge in [0.25, 0.3) is 0 Å². The summed E-state index contributed by atoms with van der Waals surface area (Å²) in [5.41, 5.74) is 0. The van der Waals surface area contributed by atoms with Gasteiger partial charge >= 0.3 is 5.97 Å². The number of halogens is 2. The van der Waals surface area contributed by atoms with Gasteiger partial charge in [0.1, 0.15) is 5.15 Å². The van der Waals surface area contributed by atoms with E-state index in [1.54, 1.807) is 6.07 Å². The number of nitrogens with zero attached hydrogens (tertiary/aromatic N) is 1. The molecule has 2 aliphatic rings. The Balaban J connectivity index is 1.47. The molecule has 2 fully saturated rings. The molecule has 2 saturated carbocycles. The molecule has 0 bridgehead atoms. The minimum absolute atomic E-state index is 0.00214. The van der Waals surface area contributed by atoms with E-state index in [2.05, 4.69) is 11.9 Å². The van der Waals surface area contributed by atoms with Crippen LogP contribution in [0.2, 0.25) is 10.2 Å². The highest BCUT2D eigenvalue weighted by molar-refractivity contribution is 6.41. The second-order valence-corrected chi connectivity index (χ2v) is 8.43. The summed E-state index contributed by atoms with van der Waals surface area (Å²) >= 11 is 11.7. The third kappa shape index (κ3) is 4.89. The van der Waals surface area contributed by atoms with Gasteiger partial charge in [0, 0.05) is 6.07 Å². The van der Waals surface area contributed by atoms with Gasteiger partial charge in [-0.3, -0.25) is 4.79 Å². The number of rotatable bonds is 4. The third-order valence-corrected chi connectivity index (χ3v) is 6.92. The first-order chi connectivity index (χ1) is 12.1. The Hall–Kier alpha value is -0.800. The summed E-state index contributed by atoms with van der Waals surface area (Å²) in [5.74, 6) is 2.83. The van der Waals surface area contributed by atoms with Crippen molar-refractivity contribution < 1.29 is 9.53 Å². The number of carbonyl (C=O) groups excluding carboxylic acids is 1. The molecule has 25 heavy (non-hydrogen) atoms. The number of carbonyl (C=O) groups is 1. The Morgan fingerprint density at radius 3 is 2.24 bits per heavy atom. The summed E-state index contributed by atoms with van der Waals surface area (Å²) in [6, 6.07) is 1.55. The van der Waals surface area contributed by atoms with Crippen LogP contribution in [0.4, 0.5) is 0 Å². The van der Waals surface area contributed by atoms with E-state index in [1.165, 1.54) is 38.3 Å². The first kappa shape index (κ1) is 19.0. The molecule has 0 N–H and O–H groups in total. The van der Waals surface area contributed by atoms with Crippen LogP contribution in [0.25, 0.3) is 0 Å². The number of pyridine rings is 1. The summed E-state index contributed by atoms with van der Waals surface area (Å²) in [6.45, 7) is 2.31. The Morgan fingerprint density at radius 2 is 1.68 bits per heavy atom. The van der Waals surface area contributed by atoms with Gasteiger partial charge in [-0.15, -0.1) is 0 Å². The van der Waals surface area contributed by atoms with E-state index < -0.39 is 0 Å². The number of ether oxygens (including phenoxy) is 1. The average Bonchev–Trinajstić information content (AvgIpc) is 2.65. The van der Waals surface area contributed by atoms with E-state index in [0.717, 1.165) is 43.4 Å². The summed E-state index contributed by atoms with van der Waals surface area (Å²) in [4.78, 5) is 16.3. The molecular formula is C20H27Cl2NO2. The van der Waals surface area contributed by atoms with Crippen molar-refractivity contribution in [3.8, 4) is 5.75 Å². The molecule has 0 atom stereocenters. The summed E-state index contributed by atoms with van der Waals surface area (Å²) < 4.78 is 5.45. The molecule has 5 heteroatoms. The van der Waals surface area contributed by atoms with Crippen molar-refractivity contribution in [1.82, 2.24) is 4.98 Å². The fourth-order valence-electron chi connectivity index (χ4n) is 4.55. The standard InChI is InChI=1S/C20H27Cl2NO2/c1-2-13-3-5-14(6-4-13)15-7-9-16(10-8-15)20(24)25-17-11-18(21)19(22)23-12-17/h11-16H,2-10H2,1H3. The Labute approximate surface area is 160 Å². The van der Waals surface area contributed by atoms with E-state index in [1.807, 2.05) is 0 Å². The lowest BCUT2D eigenvalue weighted by Crippen LogP contribution is -2.30. The Morgan fingerprint density at radius 1 is 1.08 bits per heavy atom. The lowest BCUT2D eigenvalue weighted by Gasteiger charge is -2.37. The smallest absolute Gasteiger partial charge is 0.314 e. The zero-order chi connectivity index (χ0) is 17.8. The van der Waals surface area contributed by atoms with Crippen LogP contribution in [-0.4, -0.2) is 11.0 Å². The van der Waals surface area contributed by atoms with E-state index in [-0.39, 0.29) is 17.0 Å². The predicted octanol–water partition coefficient (Wildman–Crippen LogP) is 6.32. The number of aromatic nitrogens is 1. The van der Waals surface area contributed by atoms with Crippen LogP contribution in [0.15, 0.2) is 12.3 Å². The van der Waals surface area contributed by atoms with Crippen molar-refractivity contribution >= 4 is 29.2 Å². The quantitative estimate of drug-likeness (QED) is 0.451. The molecular weight excluding hydrogens is 357 g/mol. The average molecular weight is 384 g/mol. The maximum Gasteiger partial charge on any atom is 0.314 e. The van der Waals surface area contributed by atoms with Gasteiger partial charge in [-0.2, -0.15) is 0 Å². The van der Waals surface area contributed by atoms with Crippen LogP contribution in [0, 0.1) is 23.7 Å². The third-order valence-electron chi connectivity index (χ3n) is 6.23. The maximum atomic E-state index is 12.4. The lowest BCUT2D eigenvalue weighted by molar-refractivity contribution is -0.140. The second-order valence-electron chi connectivity index (χ2n) is 7.67. The van der Waals surface area contributed by atoms with Gasteiger partial charge in [-0.05, 0) is 56.3 Å². The van der Waals surface area contributed by atoms with E-state index in [0.29, 0.717) is 10.8 Å². The molecule has 138 valence electrons. The zero-order valence-corrected chi connectivity index (χ0v) is 16.4. The topological polar surface area (TPSA) is 39.2 Å². The fourth-order valence-corrected chi connectivity index (χ4v) is 4.81. The SMILES string of the molecule is CCC1CCC(C2CCC(C(=O)Oc3cnc(Cl)c(Cl)c3)CC2)CC1. The van der Waals surface area contributed by atoms with Gasteiger partial charge in [0.15, 0.2) is 5.75 Å². The Bertz CT molecular complexity index is 591. The maximum absolute atomic E-state index is 12.4. The normalized spacial score (nSPS) is 30.0. The molecule has 1 heterocycles. The van der Waals surface area contributed by atoms with Crippen LogP contribution in [0.3, 0.4) is 0 Å². The molecule has 1 aromatic heterocycles. The van der Waals surface area contributed by atoms with Crippen molar-refractivity contribution in [2.75, 3.05) is 0 Å². The van der Waals surface area contributed by atoms with Gasteiger partial charge in [-0.25, -0.2) is 4.98 Å². The highest BCUT2D eigenvalue weighted by Crippen LogP contribution is 2.42. The number of hydrogen-bond acceptors (Lipinski definition) is 3. The highest BCUT2D eigenvalue weighted by Gasteiger charge is 2.33. The van der Waals surface area contributed by atoms with Crippen LogP contribution in [0.1, 0.15) is 64.7 Å². The monoisotopic (exact) mass is 383 g/mol. The highest BCUT2D eigenvalue weighted by atomic mass is 35.5. The van der Waals surface area contributed by atoms with Crippen molar-refractivity contribution in [2.45, 2.75) is 64.7 Å². The van der Waals surface area contributed by atoms with Gasteiger partial charge < -0.3 is 4.74 Å². The van der Waals surface area contributed by atoms with Crippen molar-refractivity contribution in [3.63, 3.8) is 0 Å². The van der Waals surface area contributed by atoms with Crippen molar-refractivity contribution in [2.24, 2.45) is 23.7 Å². The summed E-state index contributed by atoms with van der Waals surface area (Å²) in [6.07, 6.45) is 12.5. The van der Waals surface area contributed by atoms with Crippen LogP contribution in [-0.2, 0) is 4.79 Å². The molecule has 0 aromatic carbocycles. The molecule has 0 aliphatic heterocycles. The number of hydrogen-bond donors (Lipinski definition) is 0. The molecule has 0 saturated heterocycles. The predicted molar refractivity (Wildman–Crippen MR) is 101 cm³/mol. The molecule has 0 spiro atoms. The first-order valence-electron chi connectivity index (χ1n) is 9.59. The zero-order valence-electron chi connectivity index (χ0n) is 14.8. The largest absolute Gasteiger partial charge is 0.425 e. The Kier molecular flexibility index (Phi) is 6.62. The van der Waals surface area contributed by atoms with Crippen LogP contribution >= 0.6 is 23.2 Å². The van der Waals surface area contributed by atoms with Gasteiger partial charge in [-0.1, -0.05) is 49.4 Å². The molecule has 1 aromatic rings. The summed E-state index contributed by atoms with van der Waals surface area (Å²) in [7, 11) is 0. The van der Waals surface area contributed by atoms with E-state index in [4.69, 9.17) is 27.9 Å². The molecule has 0 unspecified atom stereocenters. The van der Waals surface area contributed by atoms with Gasteiger partial charge in [0.05, 0.1) is 17.1 Å². The minimum atomic E-state index is -0.159. The number of esters is 1. The molecule has 3 nitrogen and oxygen atoms in total. The van der Waals surface area contributed by atoms with Gasteiger partial charge in [0.2, 0.25) is 0 Å².